The smallest absolute Gasteiger partial charge is 0.280 e. The zero-order valence-corrected chi connectivity index (χ0v) is 27.5. The summed E-state index contributed by atoms with van der Waals surface area (Å²) in [4.78, 5) is 20.7. The summed E-state index contributed by atoms with van der Waals surface area (Å²) in [5.41, 5.74) is 4.00. The Morgan fingerprint density at radius 3 is 2.37 bits per heavy atom. The van der Waals surface area contributed by atoms with Crippen LogP contribution in [0.4, 0.5) is 4.39 Å². The zero-order chi connectivity index (χ0) is 32.9. The quantitative estimate of drug-likeness (QED) is 0.173. The van der Waals surface area contributed by atoms with E-state index in [1.165, 1.54) is 20.7 Å². The second-order valence-corrected chi connectivity index (χ2v) is 16.5. The van der Waals surface area contributed by atoms with Gasteiger partial charge in [0.15, 0.2) is 0 Å². The zero-order valence-electron chi connectivity index (χ0n) is 25.9. The Morgan fingerprint density at radius 1 is 1.07 bits per heavy atom. The molecule has 1 fully saturated rings. The first-order valence-electron chi connectivity index (χ1n) is 15.1. The molecule has 2 unspecified atom stereocenters. The standard InChI is InChI=1S/C33H38FN5O5S2/c1-33(2,3)39-31(40)21-30(45(39,41)42)25-10-8-22(9-11-25)20-29(32-35-27-6-4-5-7-28(27)36-32)37-46(43,44)38-18-16-24(17-19-38)23-12-14-26(34)15-13-23/h4-16,29-30,37,41-42H,17-21H2,1-3H3,(H,35,36). The highest BCUT2D eigenvalue weighted by Crippen LogP contribution is 2.65. The van der Waals surface area contributed by atoms with Gasteiger partial charge in [0, 0.05) is 13.1 Å². The maximum atomic E-state index is 13.7. The molecule has 0 bridgehead atoms. The van der Waals surface area contributed by atoms with Crippen LogP contribution in [-0.4, -0.2) is 60.6 Å². The minimum Gasteiger partial charge on any atom is -0.341 e. The number of nitrogens with zero attached hydrogens (tertiary/aromatic N) is 3. The molecule has 2 atom stereocenters. The molecule has 46 heavy (non-hydrogen) atoms. The lowest BCUT2D eigenvalue weighted by Gasteiger charge is -2.47. The largest absolute Gasteiger partial charge is 0.341 e. The lowest BCUT2D eigenvalue weighted by Crippen LogP contribution is -2.44. The SMILES string of the molecule is CC(C)(C)N1C(=O)CC(c2ccc(CC(NS(=O)(=O)N3CC=C(c4ccc(F)cc4)CC3)c3nc4ccccc4[nH]3)cc2)S1(O)O. The predicted molar refractivity (Wildman–Crippen MR) is 178 cm³/mol. The van der Waals surface area contributed by atoms with Gasteiger partial charge in [-0.05, 0) is 80.1 Å². The maximum Gasteiger partial charge on any atom is 0.280 e. The third kappa shape index (κ3) is 6.48. The van der Waals surface area contributed by atoms with Gasteiger partial charge in [-0.2, -0.15) is 17.4 Å². The summed E-state index contributed by atoms with van der Waals surface area (Å²) < 4.78 is 68.4. The number of rotatable bonds is 8. The number of carbonyl (C=O) groups excluding carboxylic acids is 1. The Bertz CT molecular complexity index is 1850. The molecule has 4 N–H and O–H groups in total. The summed E-state index contributed by atoms with van der Waals surface area (Å²) in [6.07, 6.45) is 2.59. The van der Waals surface area contributed by atoms with Crippen molar-refractivity contribution in [2.75, 3.05) is 13.1 Å². The van der Waals surface area contributed by atoms with Crippen molar-refractivity contribution >= 4 is 43.5 Å². The van der Waals surface area contributed by atoms with E-state index in [1.807, 2.05) is 42.5 Å². The molecule has 0 spiro atoms. The summed E-state index contributed by atoms with van der Waals surface area (Å²) in [5, 5.41) is -0.759. The third-order valence-corrected chi connectivity index (χ3v) is 12.5. The fourth-order valence-electron chi connectivity index (χ4n) is 6.19. The Hall–Kier alpha value is -3.59. The topological polar surface area (TPSA) is 139 Å². The fourth-order valence-corrected chi connectivity index (χ4v) is 9.82. The number of carbonyl (C=O) groups is 1. The normalized spacial score (nSPS) is 20.6. The Balaban J connectivity index is 1.23. The van der Waals surface area contributed by atoms with Crippen molar-refractivity contribution in [1.82, 2.24) is 23.3 Å². The van der Waals surface area contributed by atoms with Gasteiger partial charge < -0.3 is 4.98 Å². The number of benzene rings is 3. The molecular weight excluding hydrogens is 630 g/mol. The summed E-state index contributed by atoms with van der Waals surface area (Å²) >= 11 is 0. The summed E-state index contributed by atoms with van der Waals surface area (Å²) in [6, 6.07) is 20.1. The van der Waals surface area contributed by atoms with Crippen LogP contribution in [-0.2, 0) is 21.4 Å². The van der Waals surface area contributed by atoms with Crippen LogP contribution in [0.2, 0.25) is 0 Å². The minimum absolute atomic E-state index is 0.00643. The number of aromatic nitrogens is 2. The van der Waals surface area contributed by atoms with Crippen molar-refractivity contribution in [3.63, 3.8) is 0 Å². The molecule has 2 aliphatic heterocycles. The van der Waals surface area contributed by atoms with Crippen LogP contribution in [0.3, 0.4) is 0 Å². The van der Waals surface area contributed by atoms with E-state index < -0.39 is 37.8 Å². The average molecular weight is 668 g/mol. The van der Waals surface area contributed by atoms with Gasteiger partial charge in [0.2, 0.25) is 5.91 Å². The van der Waals surface area contributed by atoms with Crippen LogP contribution in [0.25, 0.3) is 16.6 Å². The second kappa shape index (κ2) is 12.2. The molecule has 6 rings (SSSR count). The molecule has 244 valence electrons. The number of aromatic amines is 1. The molecule has 0 radical (unpaired) electrons. The summed E-state index contributed by atoms with van der Waals surface area (Å²) in [6.45, 7) is 5.75. The Kier molecular flexibility index (Phi) is 8.59. The molecule has 0 saturated carbocycles. The van der Waals surface area contributed by atoms with E-state index in [2.05, 4.69) is 14.7 Å². The van der Waals surface area contributed by atoms with Crippen LogP contribution in [0.1, 0.15) is 67.4 Å². The van der Waals surface area contributed by atoms with Gasteiger partial charge in [0.1, 0.15) is 16.9 Å². The van der Waals surface area contributed by atoms with Crippen LogP contribution < -0.4 is 4.72 Å². The van der Waals surface area contributed by atoms with E-state index in [0.717, 1.165) is 22.2 Å². The Labute approximate surface area is 270 Å². The highest BCUT2D eigenvalue weighted by molar-refractivity contribution is 8.23. The number of para-hydroxylation sites is 2. The van der Waals surface area contributed by atoms with E-state index in [4.69, 9.17) is 0 Å². The number of imidazole rings is 1. The number of H-pyrrole nitrogens is 1. The van der Waals surface area contributed by atoms with Gasteiger partial charge in [0.25, 0.3) is 10.2 Å². The third-order valence-electron chi connectivity index (χ3n) is 8.39. The maximum absolute atomic E-state index is 13.7. The van der Waals surface area contributed by atoms with Crippen molar-refractivity contribution in [1.29, 1.82) is 0 Å². The number of hydrogen-bond donors (Lipinski definition) is 4. The van der Waals surface area contributed by atoms with E-state index in [0.29, 0.717) is 23.3 Å². The first-order valence-corrected chi connectivity index (χ1v) is 18.1. The van der Waals surface area contributed by atoms with Gasteiger partial charge in [-0.15, -0.1) is 10.8 Å². The molecule has 0 aliphatic carbocycles. The lowest BCUT2D eigenvalue weighted by molar-refractivity contribution is -0.128. The highest BCUT2D eigenvalue weighted by Gasteiger charge is 2.49. The van der Waals surface area contributed by atoms with Gasteiger partial charge in [-0.1, -0.05) is 54.6 Å². The van der Waals surface area contributed by atoms with Crippen molar-refractivity contribution < 1.29 is 26.7 Å². The summed E-state index contributed by atoms with van der Waals surface area (Å²) in [5.74, 6) is -0.167. The second-order valence-electron chi connectivity index (χ2n) is 12.7. The molecule has 3 aromatic carbocycles. The first kappa shape index (κ1) is 32.4. The van der Waals surface area contributed by atoms with Crippen molar-refractivity contribution in [2.24, 2.45) is 0 Å². The van der Waals surface area contributed by atoms with Crippen molar-refractivity contribution in [3.05, 3.63) is 107 Å². The molecule has 1 amide bonds. The van der Waals surface area contributed by atoms with Gasteiger partial charge in [-0.25, -0.2) is 13.7 Å². The molecule has 1 saturated heterocycles. The number of nitrogens with one attached hydrogen (secondary N) is 2. The molecule has 1 aromatic heterocycles. The fraction of sp³-hybridized carbons (Fsp3) is 0.333. The highest BCUT2D eigenvalue weighted by atomic mass is 32.3. The van der Waals surface area contributed by atoms with Crippen molar-refractivity contribution in [3.8, 4) is 0 Å². The van der Waals surface area contributed by atoms with E-state index in [1.54, 1.807) is 45.0 Å². The number of halogens is 1. The average Bonchev–Trinajstić information content (AvgIpc) is 3.55. The molecule has 2 aliphatic rings. The number of fused-ring (bicyclic) bond motifs is 1. The van der Waals surface area contributed by atoms with Gasteiger partial charge in [-0.3, -0.25) is 13.9 Å². The monoisotopic (exact) mass is 667 g/mol. The van der Waals surface area contributed by atoms with Crippen LogP contribution >= 0.6 is 10.8 Å². The predicted octanol–water partition coefficient (Wildman–Crippen LogP) is 6.35. The molecule has 4 aromatic rings. The van der Waals surface area contributed by atoms with E-state index >= 15 is 0 Å². The first-order chi connectivity index (χ1) is 21.7. The van der Waals surface area contributed by atoms with Crippen molar-refractivity contribution in [2.45, 2.75) is 56.9 Å². The van der Waals surface area contributed by atoms with Gasteiger partial charge in [0.05, 0.1) is 29.0 Å². The number of hydrogen-bond acceptors (Lipinski definition) is 6. The van der Waals surface area contributed by atoms with Crippen LogP contribution in [0.15, 0.2) is 78.9 Å². The molecule has 3 heterocycles. The number of amides is 1. The molecular formula is C33H38FN5O5S2. The van der Waals surface area contributed by atoms with Gasteiger partial charge >= 0.3 is 0 Å². The molecule has 10 nitrogen and oxygen atoms in total. The van der Waals surface area contributed by atoms with E-state index in [9.17, 15) is 26.7 Å². The van der Waals surface area contributed by atoms with E-state index in [-0.39, 0.29) is 37.7 Å². The van der Waals surface area contributed by atoms with Crippen LogP contribution in [0, 0.1) is 5.82 Å². The van der Waals surface area contributed by atoms with Crippen LogP contribution in [0.5, 0.6) is 0 Å². The minimum atomic E-state index is -3.95. The molecule has 13 heteroatoms. The Morgan fingerprint density at radius 2 is 1.76 bits per heavy atom. The summed E-state index contributed by atoms with van der Waals surface area (Å²) in [7, 11) is -7.34. The lowest BCUT2D eigenvalue weighted by atomic mass is 10.0.